The first-order valence-corrected chi connectivity index (χ1v) is 10.9. The van der Waals surface area contributed by atoms with Crippen LogP contribution in [0.2, 0.25) is 5.02 Å². The Hall–Kier alpha value is -2.83. The lowest BCUT2D eigenvalue weighted by Crippen LogP contribution is -2.41. The Morgan fingerprint density at radius 3 is 2.07 bits per heavy atom. The Balaban J connectivity index is 1.86. The highest BCUT2D eigenvalue weighted by Crippen LogP contribution is 2.24. The summed E-state index contributed by atoms with van der Waals surface area (Å²) in [6.45, 7) is 1.51. The molecule has 0 saturated heterocycles. The fraction of sp³-hybridized carbons (Fsp3) is 0.136. The van der Waals surface area contributed by atoms with Gasteiger partial charge in [0.2, 0.25) is 5.91 Å². The highest BCUT2D eigenvalue weighted by molar-refractivity contribution is 7.92. The van der Waals surface area contributed by atoms with Gasteiger partial charge in [0, 0.05) is 5.02 Å². The van der Waals surface area contributed by atoms with Crippen LogP contribution in [0.25, 0.3) is 0 Å². The van der Waals surface area contributed by atoms with Gasteiger partial charge in [0.1, 0.15) is 6.54 Å². The monoisotopic (exact) mass is 428 g/mol. The van der Waals surface area contributed by atoms with Gasteiger partial charge in [-0.15, -0.1) is 0 Å². The van der Waals surface area contributed by atoms with E-state index in [1.165, 1.54) is 24.3 Å². The predicted molar refractivity (Wildman–Crippen MR) is 115 cm³/mol. The van der Waals surface area contributed by atoms with Crippen molar-refractivity contribution in [1.82, 2.24) is 5.32 Å². The molecule has 0 aliphatic heterocycles. The molecule has 0 bridgehead atoms. The first-order valence-electron chi connectivity index (χ1n) is 9.05. The van der Waals surface area contributed by atoms with E-state index in [1.54, 1.807) is 30.3 Å². The molecule has 0 aliphatic carbocycles. The maximum absolute atomic E-state index is 13.2. The first-order chi connectivity index (χ1) is 13.9. The van der Waals surface area contributed by atoms with Gasteiger partial charge in [0.15, 0.2) is 0 Å². The quantitative estimate of drug-likeness (QED) is 0.606. The summed E-state index contributed by atoms with van der Waals surface area (Å²) in [6.07, 6.45) is 0. The van der Waals surface area contributed by atoms with E-state index < -0.39 is 15.9 Å². The highest BCUT2D eigenvalue weighted by Gasteiger charge is 2.27. The van der Waals surface area contributed by atoms with E-state index in [9.17, 15) is 13.2 Å². The Labute approximate surface area is 176 Å². The maximum Gasteiger partial charge on any atom is 0.264 e. The number of benzene rings is 3. The van der Waals surface area contributed by atoms with Gasteiger partial charge >= 0.3 is 0 Å². The molecule has 0 unspecified atom stereocenters. The summed E-state index contributed by atoms with van der Waals surface area (Å²) < 4.78 is 27.6. The fourth-order valence-corrected chi connectivity index (χ4v) is 4.43. The number of nitrogens with one attached hydrogen (secondary N) is 1. The van der Waals surface area contributed by atoms with Crippen molar-refractivity contribution in [2.24, 2.45) is 0 Å². The molecule has 1 atom stereocenters. The van der Waals surface area contributed by atoms with Crippen LogP contribution >= 0.6 is 11.6 Å². The van der Waals surface area contributed by atoms with E-state index in [0.29, 0.717) is 10.7 Å². The molecular formula is C22H21ClN2O3S. The Kier molecular flexibility index (Phi) is 6.56. The summed E-state index contributed by atoms with van der Waals surface area (Å²) in [5, 5.41) is 3.30. The lowest BCUT2D eigenvalue weighted by molar-refractivity contribution is -0.120. The second-order valence-corrected chi connectivity index (χ2v) is 8.80. The Morgan fingerprint density at radius 1 is 0.931 bits per heavy atom. The van der Waals surface area contributed by atoms with Crippen molar-refractivity contribution in [2.75, 3.05) is 10.8 Å². The molecular weight excluding hydrogens is 408 g/mol. The molecule has 0 aromatic heterocycles. The summed E-state index contributed by atoms with van der Waals surface area (Å²) in [5.74, 6) is -0.400. The van der Waals surface area contributed by atoms with Crippen LogP contribution in [-0.2, 0) is 14.8 Å². The van der Waals surface area contributed by atoms with Gasteiger partial charge in [-0.1, -0.05) is 60.1 Å². The van der Waals surface area contributed by atoms with Gasteiger partial charge in [-0.2, -0.15) is 0 Å². The summed E-state index contributed by atoms with van der Waals surface area (Å²) in [5.41, 5.74) is 1.35. The van der Waals surface area contributed by atoms with Gasteiger partial charge < -0.3 is 5.32 Å². The molecule has 7 heteroatoms. The van der Waals surface area contributed by atoms with Crippen LogP contribution < -0.4 is 9.62 Å². The smallest absolute Gasteiger partial charge is 0.264 e. The molecule has 0 saturated carbocycles. The second-order valence-electron chi connectivity index (χ2n) is 6.50. The van der Waals surface area contributed by atoms with Crippen molar-refractivity contribution in [1.29, 1.82) is 0 Å². The fourth-order valence-electron chi connectivity index (χ4n) is 2.89. The van der Waals surface area contributed by atoms with Crippen LogP contribution in [0.4, 0.5) is 5.69 Å². The average molecular weight is 429 g/mol. The Morgan fingerprint density at radius 2 is 1.48 bits per heavy atom. The van der Waals surface area contributed by atoms with E-state index in [-0.39, 0.29) is 17.5 Å². The molecule has 0 radical (unpaired) electrons. The van der Waals surface area contributed by atoms with Gasteiger partial charge in [-0.3, -0.25) is 9.10 Å². The van der Waals surface area contributed by atoms with Gasteiger partial charge in [-0.05, 0) is 48.9 Å². The molecule has 3 rings (SSSR count). The number of sulfonamides is 1. The third-order valence-electron chi connectivity index (χ3n) is 4.41. The molecule has 3 aromatic carbocycles. The number of carbonyl (C=O) groups is 1. The predicted octanol–water partition coefficient (Wildman–Crippen LogP) is 4.41. The molecule has 3 aromatic rings. The van der Waals surface area contributed by atoms with Crippen molar-refractivity contribution in [2.45, 2.75) is 17.9 Å². The number of anilines is 1. The molecule has 0 spiro atoms. The number of amides is 1. The minimum Gasteiger partial charge on any atom is -0.348 e. The van der Waals surface area contributed by atoms with Crippen molar-refractivity contribution in [3.63, 3.8) is 0 Å². The number of carbonyl (C=O) groups excluding carboxylic acids is 1. The lowest BCUT2D eigenvalue weighted by atomic mass is 10.1. The number of halogens is 1. The zero-order valence-corrected chi connectivity index (χ0v) is 17.4. The minimum absolute atomic E-state index is 0.0645. The minimum atomic E-state index is -3.95. The average Bonchev–Trinajstić information content (AvgIpc) is 2.73. The van der Waals surface area contributed by atoms with E-state index in [1.807, 2.05) is 37.3 Å². The number of hydrogen-bond donors (Lipinski definition) is 1. The summed E-state index contributed by atoms with van der Waals surface area (Å²) in [6, 6.07) is 23.7. The van der Waals surface area contributed by atoms with Crippen LogP contribution in [0.15, 0.2) is 89.8 Å². The zero-order chi connectivity index (χ0) is 20.9. The summed E-state index contributed by atoms with van der Waals surface area (Å²) in [7, 11) is -3.95. The normalized spacial score (nSPS) is 12.2. The molecule has 1 N–H and O–H groups in total. The number of para-hydroxylation sites is 1. The van der Waals surface area contributed by atoms with Crippen molar-refractivity contribution in [3.8, 4) is 0 Å². The molecule has 150 valence electrons. The van der Waals surface area contributed by atoms with Crippen LogP contribution in [-0.4, -0.2) is 20.9 Å². The van der Waals surface area contributed by atoms with E-state index in [2.05, 4.69) is 5.32 Å². The van der Waals surface area contributed by atoms with Crippen molar-refractivity contribution < 1.29 is 13.2 Å². The molecule has 1 amide bonds. The number of hydrogen-bond acceptors (Lipinski definition) is 3. The third kappa shape index (κ3) is 5.16. The maximum atomic E-state index is 13.2. The van der Waals surface area contributed by atoms with E-state index in [0.717, 1.165) is 9.87 Å². The molecule has 5 nitrogen and oxygen atoms in total. The van der Waals surface area contributed by atoms with Gasteiger partial charge in [0.25, 0.3) is 10.0 Å². The van der Waals surface area contributed by atoms with Gasteiger partial charge in [-0.25, -0.2) is 8.42 Å². The number of nitrogens with zero attached hydrogens (tertiary/aromatic N) is 1. The molecule has 0 aliphatic rings. The van der Waals surface area contributed by atoms with E-state index in [4.69, 9.17) is 11.6 Å². The zero-order valence-electron chi connectivity index (χ0n) is 15.8. The van der Waals surface area contributed by atoms with Crippen LogP contribution in [0.3, 0.4) is 0 Å². The van der Waals surface area contributed by atoms with Crippen LogP contribution in [0.5, 0.6) is 0 Å². The van der Waals surface area contributed by atoms with Crippen LogP contribution in [0, 0.1) is 0 Å². The highest BCUT2D eigenvalue weighted by atomic mass is 35.5. The molecule has 0 heterocycles. The van der Waals surface area contributed by atoms with Crippen molar-refractivity contribution >= 4 is 33.2 Å². The Bertz CT molecular complexity index is 1060. The SMILES string of the molecule is C[C@@H](NC(=O)CN(c1ccccc1)S(=O)(=O)c1ccc(Cl)cc1)c1ccccc1. The molecule has 29 heavy (non-hydrogen) atoms. The molecule has 0 fully saturated rings. The summed E-state index contributed by atoms with van der Waals surface area (Å²) in [4.78, 5) is 12.8. The van der Waals surface area contributed by atoms with Crippen LogP contribution in [0.1, 0.15) is 18.5 Å². The topological polar surface area (TPSA) is 66.5 Å². The number of rotatable bonds is 7. The van der Waals surface area contributed by atoms with E-state index >= 15 is 0 Å². The standard InChI is InChI=1S/C22H21ClN2O3S/c1-17(18-8-4-2-5-9-18)24-22(26)16-25(20-10-6-3-7-11-20)29(27,28)21-14-12-19(23)13-15-21/h2-15,17H,16H2,1H3,(H,24,26)/t17-/m1/s1. The summed E-state index contributed by atoms with van der Waals surface area (Å²) >= 11 is 5.89. The van der Waals surface area contributed by atoms with Crippen molar-refractivity contribution in [3.05, 3.63) is 95.5 Å². The lowest BCUT2D eigenvalue weighted by Gasteiger charge is -2.25. The largest absolute Gasteiger partial charge is 0.348 e. The first kappa shape index (κ1) is 20.9. The third-order valence-corrected chi connectivity index (χ3v) is 6.45. The van der Waals surface area contributed by atoms with Gasteiger partial charge in [0.05, 0.1) is 16.6 Å². The second kappa shape index (κ2) is 9.11.